The number of aliphatic hydroxyl groups excluding tert-OH is 1. The molecule has 0 saturated heterocycles. The zero-order valence-electron chi connectivity index (χ0n) is 16.6. The fourth-order valence-corrected chi connectivity index (χ4v) is 3.68. The molecule has 1 aromatic heterocycles. The van der Waals surface area contributed by atoms with E-state index in [9.17, 15) is 15.2 Å². The topological polar surface area (TPSA) is 116 Å². The first-order chi connectivity index (χ1) is 14.5. The lowest BCUT2D eigenvalue weighted by Gasteiger charge is -2.33. The van der Waals surface area contributed by atoms with Crippen LogP contribution in [-0.2, 0) is 13.2 Å². The first-order valence-corrected chi connectivity index (χ1v) is 9.28. The number of non-ortho nitro benzene ring substituents is 1. The quantitative estimate of drug-likeness (QED) is 0.485. The second-order valence-electron chi connectivity index (χ2n) is 6.94. The number of hydrogen-bond donors (Lipinski definition) is 1. The van der Waals surface area contributed by atoms with Crippen LogP contribution in [0, 0.1) is 10.1 Å². The smallest absolute Gasteiger partial charge is 0.269 e. The third-order valence-electron chi connectivity index (χ3n) is 5.08. The molecule has 10 nitrogen and oxygen atoms in total. The molecule has 156 valence electrons. The van der Waals surface area contributed by atoms with Crippen LogP contribution in [0.5, 0.6) is 11.5 Å². The normalized spacial score (nSPS) is 16.2. The Labute approximate surface area is 172 Å². The molecule has 0 radical (unpaired) electrons. The molecule has 1 N–H and O–H groups in total. The van der Waals surface area contributed by atoms with E-state index < -0.39 is 11.0 Å². The first kappa shape index (κ1) is 19.8. The fraction of sp³-hybridized carbons (Fsp3) is 0.300. The van der Waals surface area contributed by atoms with Gasteiger partial charge in [-0.2, -0.15) is 0 Å². The minimum absolute atomic E-state index is 0.0172. The zero-order valence-corrected chi connectivity index (χ0v) is 16.6. The zero-order chi connectivity index (χ0) is 21.3. The maximum atomic E-state index is 10.8. The highest BCUT2D eigenvalue weighted by Crippen LogP contribution is 2.39. The minimum Gasteiger partial charge on any atom is -0.496 e. The summed E-state index contributed by atoms with van der Waals surface area (Å²) in [4.78, 5) is 16.7. The van der Waals surface area contributed by atoms with Gasteiger partial charge >= 0.3 is 0 Å². The summed E-state index contributed by atoms with van der Waals surface area (Å²) in [5.74, 6) is 1.81. The van der Waals surface area contributed by atoms with Gasteiger partial charge in [-0.3, -0.25) is 15.0 Å². The molecule has 0 unspecified atom stereocenters. The van der Waals surface area contributed by atoms with Gasteiger partial charge in [0.2, 0.25) is 0 Å². The third kappa shape index (κ3) is 3.70. The molecular weight excluding hydrogens is 390 g/mol. The van der Waals surface area contributed by atoms with Crippen molar-refractivity contribution in [3.8, 4) is 22.9 Å². The Morgan fingerprint density at radius 3 is 2.53 bits per heavy atom. The second kappa shape index (κ2) is 8.09. The molecule has 1 aliphatic rings. The SMILES string of the molecule is COc1ccc(OC)c2c1CN(Cn1cnc(-c3ccc([N+](=O)[O-])cc3)n1)C[C@@H]2O. The molecular formula is C20H21N5O5. The molecule has 30 heavy (non-hydrogen) atoms. The number of rotatable bonds is 6. The number of ether oxygens (including phenoxy) is 2. The summed E-state index contributed by atoms with van der Waals surface area (Å²) < 4.78 is 12.5. The third-order valence-corrected chi connectivity index (χ3v) is 5.08. The van der Waals surface area contributed by atoms with E-state index in [1.54, 1.807) is 43.4 Å². The summed E-state index contributed by atoms with van der Waals surface area (Å²) in [7, 11) is 3.18. The molecule has 4 rings (SSSR count). The van der Waals surface area contributed by atoms with Gasteiger partial charge in [-0.25, -0.2) is 9.67 Å². The van der Waals surface area contributed by atoms with Crippen LogP contribution in [0.25, 0.3) is 11.4 Å². The van der Waals surface area contributed by atoms with Crippen molar-refractivity contribution in [3.05, 3.63) is 64.0 Å². The Morgan fingerprint density at radius 2 is 1.87 bits per heavy atom. The van der Waals surface area contributed by atoms with Crippen molar-refractivity contribution in [1.29, 1.82) is 0 Å². The number of aliphatic hydroxyl groups is 1. The van der Waals surface area contributed by atoms with Crippen LogP contribution in [0.2, 0.25) is 0 Å². The number of hydrogen-bond acceptors (Lipinski definition) is 8. The van der Waals surface area contributed by atoms with Crippen molar-refractivity contribution in [2.75, 3.05) is 20.8 Å². The average Bonchev–Trinajstić information content (AvgIpc) is 3.21. The summed E-state index contributed by atoms with van der Waals surface area (Å²) in [5, 5.41) is 26.0. The standard InChI is InChI=1S/C20H21N5O5/c1-29-17-7-8-18(30-2)19-15(17)9-23(10-16(19)26)12-24-11-21-20(22-24)13-3-5-14(6-4-13)25(27)28/h3-8,11,16,26H,9-10,12H2,1-2H3/t16-/m0/s1. The Kier molecular flexibility index (Phi) is 5.34. The van der Waals surface area contributed by atoms with Gasteiger partial charge in [0.15, 0.2) is 5.82 Å². The molecule has 1 atom stereocenters. The molecule has 1 aliphatic heterocycles. The van der Waals surface area contributed by atoms with Gasteiger partial charge in [-0.05, 0) is 24.3 Å². The van der Waals surface area contributed by atoms with Crippen molar-refractivity contribution >= 4 is 5.69 Å². The molecule has 2 aromatic carbocycles. The van der Waals surface area contributed by atoms with Crippen LogP contribution in [-0.4, -0.2) is 50.5 Å². The monoisotopic (exact) mass is 411 g/mol. The van der Waals surface area contributed by atoms with Crippen LogP contribution >= 0.6 is 0 Å². The van der Waals surface area contributed by atoms with E-state index in [0.29, 0.717) is 42.6 Å². The van der Waals surface area contributed by atoms with Crippen molar-refractivity contribution in [3.63, 3.8) is 0 Å². The maximum Gasteiger partial charge on any atom is 0.269 e. The number of nitro groups is 1. The number of aromatic nitrogens is 3. The summed E-state index contributed by atoms with van der Waals surface area (Å²) in [5.41, 5.74) is 2.34. The summed E-state index contributed by atoms with van der Waals surface area (Å²) in [6.07, 6.45) is 0.873. The maximum absolute atomic E-state index is 10.8. The lowest BCUT2D eigenvalue weighted by atomic mass is 9.95. The van der Waals surface area contributed by atoms with Crippen molar-refractivity contribution in [2.45, 2.75) is 19.3 Å². The van der Waals surface area contributed by atoms with Gasteiger partial charge in [-0.1, -0.05) is 0 Å². The number of benzene rings is 2. The molecule has 0 amide bonds. The van der Waals surface area contributed by atoms with Crippen LogP contribution in [0.1, 0.15) is 17.2 Å². The van der Waals surface area contributed by atoms with Crippen LogP contribution in [0.3, 0.4) is 0 Å². The van der Waals surface area contributed by atoms with Crippen LogP contribution in [0.4, 0.5) is 5.69 Å². The van der Waals surface area contributed by atoms with Gasteiger partial charge in [0.25, 0.3) is 5.69 Å². The highest BCUT2D eigenvalue weighted by molar-refractivity contribution is 5.56. The van der Waals surface area contributed by atoms with E-state index in [0.717, 1.165) is 11.1 Å². The second-order valence-corrected chi connectivity index (χ2v) is 6.94. The number of nitro benzene ring substituents is 1. The van der Waals surface area contributed by atoms with Crippen LogP contribution < -0.4 is 9.47 Å². The largest absolute Gasteiger partial charge is 0.496 e. The molecule has 0 bridgehead atoms. The van der Waals surface area contributed by atoms with E-state index in [4.69, 9.17) is 9.47 Å². The van der Waals surface area contributed by atoms with E-state index in [1.165, 1.54) is 12.1 Å². The summed E-state index contributed by atoms with van der Waals surface area (Å²) in [6, 6.07) is 9.72. The molecule has 3 aromatic rings. The van der Waals surface area contributed by atoms with Crippen LogP contribution in [0.15, 0.2) is 42.7 Å². The highest BCUT2D eigenvalue weighted by atomic mass is 16.6. The predicted octanol–water partition coefficient (Wildman–Crippen LogP) is 2.38. The van der Waals surface area contributed by atoms with Crippen molar-refractivity contribution in [1.82, 2.24) is 19.7 Å². The number of fused-ring (bicyclic) bond motifs is 1. The van der Waals surface area contributed by atoms with Crippen molar-refractivity contribution < 1.29 is 19.5 Å². The molecule has 0 saturated carbocycles. The van der Waals surface area contributed by atoms with Gasteiger partial charge in [0.05, 0.1) is 31.9 Å². The first-order valence-electron chi connectivity index (χ1n) is 9.28. The van der Waals surface area contributed by atoms with E-state index >= 15 is 0 Å². The van der Waals surface area contributed by atoms with Gasteiger partial charge in [0.1, 0.15) is 17.8 Å². The van der Waals surface area contributed by atoms with Gasteiger partial charge < -0.3 is 14.6 Å². The number of β-amino-alcohol motifs (C(OH)–C–C–N with tert-alkyl or cyclic N) is 1. The van der Waals surface area contributed by atoms with Gasteiger partial charge in [0, 0.05) is 41.9 Å². The van der Waals surface area contributed by atoms with E-state index in [-0.39, 0.29) is 5.69 Å². The lowest BCUT2D eigenvalue weighted by Crippen LogP contribution is -2.35. The summed E-state index contributed by atoms with van der Waals surface area (Å²) >= 11 is 0. The molecule has 10 heteroatoms. The minimum atomic E-state index is -0.725. The summed E-state index contributed by atoms with van der Waals surface area (Å²) in [6.45, 7) is 1.37. The molecule has 2 heterocycles. The van der Waals surface area contributed by atoms with E-state index in [2.05, 4.69) is 10.1 Å². The fourth-order valence-electron chi connectivity index (χ4n) is 3.68. The lowest BCUT2D eigenvalue weighted by molar-refractivity contribution is -0.384. The Morgan fingerprint density at radius 1 is 1.17 bits per heavy atom. The molecule has 0 spiro atoms. The predicted molar refractivity (Wildman–Crippen MR) is 107 cm³/mol. The molecule has 0 fully saturated rings. The number of nitrogens with zero attached hydrogens (tertiary/aromatic N) is 5. The van der Waals surface area contributed by atoms with Gasteiger partial charge in [-0.15, -0.1) is 5.10 Å². The van der Waals surface area contributed by atoms with Crippen molar-refractivity contribution in [2.24, 2.45) is 0 Å². The Hall–Kier alpha value is -3.50. The number of methoxy groups -OCH3 is 2. The Bertz CT molecular complexity index is 1070. The Balaban J connectivity index is 1.53. The van der Waals surface area contributed by atoms with E-state index in [1.807, 2.05) is 11.0 Å². The average molecular weight is 411 g/mol. The highest BCUT2D eigenvalue weighted by Gasteiger charge is 2.29. The molecule has 0 aliphatic carbocycles.